The Morgan fingerprint density at radius 3 is 2.40 bits per heavy atom. The van der Waals surface area contributed by atoms with E-state index in [-0.39, 0.29) is 11.4 Å². The summed E-state index contributed by atoms with van der Waals surface area (Å²) in [5.74, 6) is -0.365. The molecule has 0 saturated carbocycles. The van der Waals surface area contributed by atoms with Crippen LogP contribution < -0.4 is 16.6 Å². The normalized spacial score (nSPS) is 14.5. The second-order valence-corrected chi connectivity index (χ2v) is 8.98. The van der Waals surface area contributed by atoms with Crippen LogP contribution in [-0.4, -0.2) is 13.7 Å². The van der Waals surface area contributed by atoms with Gasteiger partial charge in [0.15, 0.2) is 0 Å². The van der Waals surface area contributed by atoms with Crippen LogP contribution in [-0.2, 0) is 14.1 Å². The molecule has 3 aromatic carbocycles. The Morgan fingerprint density at radius 2 is 1.63 bits per heavy atom. The van der Waals surface area contributed by atoms with E-state index in [1.165, 1.54) is 17.7 Å². The number of rotatable bonds is 2. The van der Waals surface area contributed by atoms with Crippen LogP contribution >= 0.6 is 0 Å². The molecule has 0 saturated heterocycles. The van der Waals surface area contributed by atoms with Crippen LogP contribution in [0.15, 0.2) is 82.4 Å². The Kier molecular flexibility index (Phi) is 4.57. The highest BCUT2D eigenvalue weighted by atomic mass is 19.1. The minimum Gasteiger partial charge on any atom is -0.371 e. The van der Waals surface area contributed by atoms with E-state index in [2.05, 4.69) is 5.32 Å². The zero-order valence-corrected chi connectivity index (χ0v) is 19.5. The van der Waals surface area contributed by atoms with Gasteiger partial charge in [-0.25, -0.2) is 9.18 Å². The number of hydrogen-bond acceptors (Lipinski definition) is 3. The zero-order valence-electron chi connectivity index (χ0n) is 19.5. The number of nitrogens with one attached hydrogen (secondary N) is 1. The number of anilines is 1. The number of aryl methyl sites for hydroxylation is 2. The molecule has 0 spiro atoms. The summed E-state index contributed by atoms with van der Waals surface area (Å²) < 4.78 is 19.8. The molecule has 0 fully saturated rings. The predicted molar refractivity (Wildman–Crippen MR) is 136 cm³/mol. The molecule has 0 aliphatic carbocycles. The molecule has 1 aliphatic rings. The second-order valence-electron chi connectivity index (χ2n) is 8.98. The maximum Gasteiger partial charge on any atom is 0.331 e. The van der Waals surface area contributed by atoms with E-state index in [9.17, 15) is 9.59 Å². The minimum atomic E-state index is -0.620. The summed E-state index contributed by atoms with van der Waals surface area (Å²) in [6.07, 6.45) is 0. The number of fused-ring (bicyclic) bond motifs is 5. The highest BCUT2D eigenvalue weighted by Crippen LogP contribution is 2.45. The summed E-state index contributed by atoms with van der Waals surface area (Å²) in [5, 5.41) is 3.90. The van der Waals surface area contributed by atoms with Crippen LogP contribution in [0.25, 0.3) is 27.8 Å². The van der Waals surface area contributed by atoms with Gasteiger partial charge in [0.2, 0.25) is 0 Å². The molecule has 2 aromatic heterocycles. The quantitative estimate of drug-likeness (QED) is 0.412. The van der Waals surface area contributed by atoms with Gasteiger partial charge in [0.25, 0.3) is 5.56 Å². The zero-order chi connectivity index (χ0) is 24.4. The van der Waals surface area contributed by atoms with Crippen molar-refractivity contribution in [1.29, 1.82) is 0 Å². The number of para-hydroxylation sites is 2. The summed E-state index contributed by atoms with van der Waals surface area (Å²) in [6, 6.07) is 21.6. The Bertz CT molecular complexity index is 1780. The van der Waals surface area contributed by atoms with E-state index in [4.69, 9.17) is 0 Å². The average Bonchev–Trinajstić information content (AvgIpc) is 3.23. The van der Waals surface area contributed by atoms with Crippen molar-refractivity contribution in [3.05, 3.63) is 116 Å². The number of hydrogen-bond donors (Lipinski definition) is 1. The van der Waals surface area contributed by atoms with Crippen molar-refractivity contribution in [3.8, 4) is 16.9 Å². The third-order valence-corrected chi connectivity index (χ3v) is 6.83. The molecule has 0 amide bonds. The van der Waals surface area contributed by atoms with Crippen molar-refractivity contribution < 1.29 is 4.39 Å². The lowest BCUT2D eigenvalue weighted by molar-refractivity contribution is 0.599. The largest absolute Gasteiger partial charge is 0.371 e. The first-order valence-electron chi connectivity index (χ1n) is 11.4. The first-order valence-corrected chi connectivity index (χ1v) is 11.4. The topological polar surface area (TPSA) is 61.0 Å². The molecule has 1 atom stereocenters. The van der Waals surface area contributed by atoms with E-state index >= 15 is 4.39 Å². The average molecular weight is 467 g/mol. The summed E-state index contributed by atoms with van der Waals surface area (Å²) in [6.45, 7) is 2.00. The van der Waals surface area contributed by atoms with E-state index in [1.807, 2.05) is 60.0 Å². The number of nitrogens with zero attached hydrogens (tertiary/aromatic N) is 3. The lowest BCUT2D eigenvalue weighted by Gasteiger charge is -2.31. The van der Waals surface area contributed by atoms with Gasteiger partial charge in [0, 0.05) is 19.7 Å². The van der Waals surface area contributed by atoms with Gasteiger partial charge in [-0.1, -0.05) is 54.1 Å². The lowest BCUT2D eigenvalue weighted by Crippen LogP contribution is -2.37. The third-order valence-electron chi connectivity index (χ3n) is 6.83. The van der Waals surface area contributed by atoms with E-state index in [0.717, 1.165) is 27.1 Å². The van der Waals surface area contributed by atoms with Gasteiger partial charge in [0.05, 0.1) is 39.7 Å². The Balaban J connectivity index is 1.89. The lowest BCUT2D eigenvalue weighted by atomic mass is 9.99. The second kappa shape index (κ2) is 7.56. The summed E-state index contributed by atoms with van der Waals surface area (Å²) in [4.78, 5) is 26.7. The Morgan fingerprint density at radius 1 is 0.886 bits per heavy atom. The van der Waals surface area contributed by atoms with Crippen molar-refractivity contribution in [3.63, 3.8) is 0 Å². The maximum atomic E-state index is 15.2. The van der Waals surface area contributed by atoms with Crippen molar-refractivity contribution >= 4 is 16.6 Å². The fourth-order valence-electron chi connectivity index (χ4n) is 5.23. The van der Waals surface area contributed by atoms with Crippen LogP contribution in [0.4, 0.5) is 10.1 Å². The van der Waals surface area contributed by atoms with Gasteiger partial charge in [-0.05, 0) is 36.8 Å². The first kappa shape index (κ1) is 21.2. The number of aromatic nitrogens is 3. The predicted octanol–water partition coefficient (Wildman–Crippen LogP) is 4.66. The summed E-state index contributed by atoms with van der Waals surface area (Å²) in [7, 11) is 3.14. The molecule has 1 aliphatic heterocycles. The van der Waals surface area contributed by atoms with Gasteiger partial charge in [0.1, 0.15) is 5.82 Å². The smallest absolute Gasteiger partial charge is 0.331 e. The number of halogens is 1. The van der Waals surface area contributed by atoms with Gasteiger partial charge in [-0.3, -0.25) is 13.9 Å². The third kappa shape index (κ3) is 2.94. The first-order chi connectivity index (χ1) is 16.9. The van der Waals surface area contributed by atoms with E-state index < -0.39 is 11.7 Å². The molecular weight excluding hydrogens is 443 g/mol. The molecule has 1 N–H and O–H groups in total. The molecule has 6 nitrogen and oxygen atoms in total. The molecule has 7 heteroatoms. The van der Waals surface area contributed by atoms with Gasteiger partial charge in [-0.2, -0.15) is 0 Å². The highest BCUT2D eigenvalue weighted by molar-refractivity contribution is 5.99. The maximum absolute atomic E-state index is 15.2. The summed E-state index contributed by atoms with van der Waals surface area (Å²) in [5.41, 5.74) is 4.98. The molecule has 3 heterocycles. The fraction of sp³-hybridized carbons (Fsp3) is 0.143. The fourth-order valence-corrected chi connectivity index (χ4v) is 5.23. The van der Waals surface area contributed by atoms with Crippen molar-refractivity contribution in [1.82, 2.24) is 13.7 Å². The van der Waals surface area contributed by atoms with Crippen LogP contribution in [0.1, 0.15) is 22.9 Å². The standard InChI is InChI=1S/C28H23FN4O2/c1-16-9-8-10-17(15-16)24-22-25(31(2)28(35)32(3)27(22)34)26-23(18-11-4-5-12-19(18)29)30-20-13-6-7-14-21(20)33(24)26/h4-15,23,30H,1-3H3/t23-/m0/s1. The van der Waals surface area contributed by atoms with Crippen LogP contribution in [0, 0.1) is 12.7 Å². The van der Waals surface area contributed by atoms with Crippen molar-refractivity contribution in [2.75, 3.05) is 5.32 Å². The van der Waals surface area contributed by atoms with Gasteiger partial charge < -0.3 is 9.88 Å². The Labute approximate surface area is 200 Å². The van der Waals surface area contributed by atoms with Crippen molar-refractivity contribution in [2.45, 2.75) is 13.0 Å². The van der Waals surface area contributed by atoms with Crippen molar-refractivity contribution in [2.24, 2.45) is 14.1 Å². The monoisotopic (exact) mass is 466 g/mol. The molecule has 174 valence electrons. The van der Waals surface area contributed by atoms with Crippen LogP contribution in [0.2, 0.25) is 0 Å². The molecule has 5 aromatic rings. The minimum absolute atomic E-state index is 0.365. The van der Waals surface area contributed by atoms with Crippen LogP contribution in [0.3, 0.4) is 0 Å². The number of benzene rings is 3. The van der Waals surface area contributed by atoms with E-state index in [1.54, 1.807) is 25.2 Å². The molecule has 0 bridgehead atoms. The van der Waals surface area contributed by atoms with Crippen LogP contribution in [0.5, 0.6) is 0 Å². The van der Waals surface area contributed by atoms with Gasteiger partial charge in [-0.15, -0.1) is 0 Å². The van der Waals surface area contributed by atoms with E-state index in [0.29, 0.717) is 27.9 Å². The van der Waals surface area contributed by atoms with Gasteiger partial charge >= 0.3 is 5.69 Å². The summed E-state index contributed by atoms with van der Waals surface area (Å²) >= 11 is 0. The Hall–Kier alpha value is -4.39. The molecule has 0 unspecified atom stereocenters. The molecular formula is C28H23FN4O2. The molecule has 6 rings (SSSR count). The highest BCUT2D eigenvalue weighted by Gasteiger charge is 2.35. The molecule has 0 radical (unpaired) electrons. The SMILES string of the molecule is Cc1cccc(-c2c3c(=O)n(C)c(=O)n(C)c3c3n2-c2ccccc2N[C@H]3c2ccccc2F)c1. The molecule has 35 heavy (non-hydrogen) atoms.